The molecule has 1 aromatic heterocycles. The summed E-state index contributed by atoms with van der Waals surface area (Å²) in [5.41, 5.74) is 1.58. The molecule has 1 atom stereocenters. The molecule has 0 N–H and O–H groups in total. The van der Waals surface area contributed by atoms with Gasteiger partial charge >= 0.3 is 11.9 Å². The van der Waals surface area contributed by atoms with Gasteiger partial charge in [-0.3, -0.25) is 0 Å². The van der Waals surface area contributed by atoms with Gasteiger partial charge in [0.05, 0.1) is 26.5 Å². The molecule has 8 heteroatoms. The highest BCUT2D eigenvalue weighted by molar-refractivity contribution is 6.06. The molecule has 4 rings (SSSR count). The molecule has 0 amide bonds. The van der Waals surface area contributed by atoms with Crippen LogP contribution in [-0.2, 0) is 14.2 Å². The van der Waals surface area contributed by atoms with Crippen LogP contribution in [0.2, 0.25) is 0 Å². The number of hydrogen-bond acceptors (Lipinski definition) is 7. The first-order valence-corrected chi connectivity index (χ1v) is 10.4. The van der Waals surface area contributed by atoms with Crippen LogP contribution in [0.25, 0.3) is 16.9 Å². The van der Waals surface area contributed by atoms with Crippen molar-refractivity contribution in [1.82, 2.24) is 9.78 Å². The lowest BCUT2D eigenvalue weighted by molar-refractivity contribution is -0.105. The highest BCUT2D eigenvalue weighted by Crippen LogP contribution is 2.31. The Hall–Kier alpha value is -3.65. The molecule has 1 aliphatic rings. The van der Waals surface area contributed by atoms with Gasteiger partial charge in [-0.25, -0.2) is 14.3 Å². The number of rotatable bonds is 6. The lowest BCUT2D eigenvalue weighted by atomic mass is 10.1. The number of methoxy groups -OCH3 is 2. The van der Waals surface area contributed by atoms with E-state index in [-0.39, 0.29) is 17.5 Å². The normalized spacial score (nSPS) is 15.8. The molecule has 32 heavy (non-hydrogen) atoms. The fraction of sp³-hybridized carbons (Fsp3) is 0.292. The summed E-state index contributed by atoms with van der Waals surface area (Å²) in [5.74, 6) is -0.725. The van der Waals surface area contributed by atoms with E-state index in [9.17, 15) is 9.59 Å². The van der Waals surface area contributed by atoms with Gasteiger partial charge in [-0.15, -0.1) is 0 Å². The average molecular weight is 436 g/mol. The van der Waals surface area contributed by atoms with Crippen LogP contribution in [0.5, 0.6) is 5.75 Å². The molecule has 0 radical (unpaired) electrons. The summed E-state index contributed by atoms with van der Waals surface area (Å²) in [6, 6.07) is 16.2. The van der Waals surface area contributed by atoms with Crippen LogP contribution in [0.3, 0.4) is 0 Å². The van der Waals surface area contributed by atoms with E-state index in [4.69, 9.17) is 18.9 Å². The van der Waals surface area contributed by atoms with Gasteiger partial charge in [0, 0.05) is 12.0 Å². The molecule has 0 saturated carbocycles. The number of ether oxygens (including phenoxy) is 4. The van der Waals surface area contributed by atoms with Crippen molar-refractivity contribution in [3.05, 3.63) is 65.9 Å². The van der Waals surface area contributed by atoms with Gasteiger partial charge in [0.25, 0.3) is 0 Å². The molecule has 3 aromatic rings. The highest BCUT2D eigenvalue weighted by atomic mass is 16.7. The van der Waals surface area contributed by atoms with Crippen molar-refractivity contribution in [2.24, 2.45) is 0 Å². The number of carbonyl (C=O) groups excluding carboxylic acids is 2. The molecule has 2 aromatic carbocycles. The van der Waals surface area contributed by atoms with E-state index >= 15 is 0 Å². The van der Waals surface area contributed by atoms with Crippen molar-refractivity contribution < 1.29 is 28.5 Å². The second-order valence-electron chi connectivity index (χ2n) is 7.24. The van der Waals surface area contributed by atoms with E-state index in [2.05, 4.69) is 5.10 Å². The summed E-state index contributed by atoms with van der Waals surface area (Å²) in [6.45, 7) is 0.693. The van der Waals surface area contributed by atoms with Crippen molar-refractivity contribution >= 4 is 11.9 Å². The van der Waals surface area contributed by atoms with Gasteiger partial charge in [-0.2, -0.15) is 5.10 Å². The van der Waals surface area contributed by atoms with Crippen molar-refractivity contribution in [1.29, 1.82) is 0 Å². The summed E-state index contributed by atoms with van der Waals surface area (Å²) in [6.07, 6.45) is 2.70. The Labute approximate surface area is 185 Å². The minimum Gasteiger partial charge on any atom is -0.465 e. The Morgan fingerprint density at radius 2 is 1.69 bits per heavy atom. The van der Waals surface area contributed by atoms with Gasteiger partial charge < -0.3 is 18.9 Å². The SMILES string of the molecule is COC(=O)c1c(-c2ccc(OC3CCCCO3)cc2)nn(-c2ccccc2)c1C(=O)OC. The molecule has 2 heterocycles. The topological polar surface area (TPSA) is 88.9 Å². The summed E-state index contributed by atoms with van der Waals surface area (Å²) in [5, 5.41) is 4.58. The molecule has 1 saturated heterocycles. The van der Waals surface area contributed by atoms with E-state index in [1.54, 1.807) is 36.4 Å². The minimum atomic E-state index is -0.692. The molecule has 1 aliphatic heterocycles. The highest BCUT2D eigenvalue weighted by Gasteiger charge is 2.31. The van der Waals surface area contributed by atoms with Crippen LogP contribution in [0.4, 0.5) is 0 Å². The first-order valence-electron chi connectivity index (χ1n) is 10.4. The molecule has 0 spiro atoms. The molecular weight excluding hydrogens is 412 g/mol. The summed E-state index contributed by atoms with van der Waals surface area (Å²) < 4.78 is 22.8. The van der Waals surface area contributed by atoms with Crippen LogP contribution >= 0.6 is 0 Å². The zero-order valence-corrected chi connectivity index (χ0v) is 17.9. The van der Waals surface area contributed by atoms with Gasteiger partial charge in [-0.1, -0.05) is 18.2 Å². The van der Waals surface area contributed by atoms with Crippen LogP contribution < -0.4 is 4.74 Å². The second-order valence-corrected chi connectivity index (χ2v) is 7.24. The Balaban J connectivity index is 1.76. The van der Waals surface area contributed by atoms with Crippen LogP contribution in [-0.4, -0.2) is 48.8 Å². The van der Waals surface area contributed by atoms with Crippen LogP contribution in [0.15, 0.2) is 54.6 Å². The number of benzene rings is 2. The number of aromatic nitrogens is 2. The maximum absolute atomic E-state index is 12.7. The predicted molar refractivity (Wildman–Crippen MR) is 116 cm³/mol. The zero-order valence-electron chi connectivity index (χ0n) is 17.9. The molecule has 0 bridgehead atoms. The third-order valence-corrected chi connectivity index (χ3v) is 5.19. The fourth-order valence-electron chi connectivity index (χ4n) is 3.60. The van der Waals surface area contributed by atoms with E-state index < -0.39 is 11.9 Å². The van der Waals surface area contributed by atoms with E-state index in [1.807, 2.05) is 18.2 Å². The van der Waals surface area contributed by atoms with Crippen LogP contribution in [0, 0.1) is 0 Å². The molecular formula is C24H24N2O6. The van der Waals surface area contributed by atoms with Gasteiger partial charge in [0.2, 0.25) is 0 Å². The van der Waals surface area contributed by atoms with E-state index in [0.717, 1.165) is 19.3 Å². The van der Waals surface area contributed by atoms with Crippen LogP contribution in [0.1, 0.15) is 40.1 Å². The third-order valence-electron chi connectivity index (χ3n) is 5.19. The third kappa shape index (κ3) is 4.36. The van der Waals surface area contributed by atoms with Crippen molar-refractivity contribution in [2.75, 3.05) is 20.8 Å². The number of para-hydroxylation sites is 1. The minimum absolute atomic E-state index is 0.00326. The van der Waals surface area contributed by atoms with E-state index in [0.29, 0.717) is 29.3 Å². The number of carbonyl (C=O) groups is 2. The van der Waals surface area contributed by atoms with Gasteiger partial charge in [0.1, 0.15) is 17.0 Å². The number of esters is 2. The molecule has 166 valence electrons. The lowest BCUT2D eigenvalue weighted by Crippen LogP contribution is -2.24. The quantitative estimate of drug-likeness (QED) is 0.539. The second kappa shape index (κ2) is 9.65. The van der Waals surface area contributed by atoms with Crippen molar-refractivity contribution in [2.45, 2.75) is 25.6 Å². The Bertz CT molecular complexity index is 1090. The predicted octanol–water partition coefficient (Wildman–Crippen LogP) is 4.02. The zero-order chi connectivity index (χ0) is 22.5. The molecule has 8 nitrogen and oxygen atoms in total. The lowest BCUT2D eigenvalue weighted by Gasteiger charge is -2.23. The number of hydrogen-bond donors (Lipinski definition) is 0. The molecule has 0 aliphatic carbocycles. The Kier molecular flexibility index (Phi) is 6.51. The first kappa shape index (κ1) is 21.6. The average Bonchev–Trinajstić information content (AvgIpc) is 3.25. The monoisotopic (exact) mass is 436 g/mol. The number of nitrogens with zero attached hydrogens (tertiary/aromatic N) is 2. The summed E-state index contributed by atoms with van der Waals surface area (Å²) in [7, 11) is 2.51. The Morgan fingerprint density at radius 1 is 0.969 bits per heavy atom. The standard InChI is InChI=1S/C24H24N2O6/c1-29-23(27)20-21(16-11-13-18(14-12-16)32-19-10-6-7-15-31-19)25-26(22(20)24(28)30-2)17-8-4-3-5-9-17/h3-5,8-9,11-14,19H,6-7,10,15H2,1-2H3. The smallest absolute Gasteiger partial charge is 0.357 e. The Morgan fingerprint density at radius 3 is 2.31 bits per heavy atom. The van der Waals surface area contributed by atoms with Crippen molar-refractivity contribution in [3.63, 3.8) is 0 Å². The largest absolute Gasteiger partial charge is 0.465 e. The maximum atomic E-state index is 12.7. The van der Waals surface area contributed by atoms with Gasteiger partial charge in [-0.05, 0) is 49.2 Å². The van der Waals surface area contributed by atoms with Gasteiger partial charge in [0.15, 0.2) is 12.0 Å². The fourth-order valence-corrected chi connectivity index (χ4v) is 3.60. The summed E-state index contributed by atoms with van der Waals surface area (Å²) >= 11 is 0. The first-order chi connectivity index (χ1) is 15.6. The molecule has 1 unspecified atom stereocenters. The molecule has 1 fully saturated rings. The maximum Gasteiger partial charge on any atom is 0.357 e. The summed E-state index contributed by atoms with van der Waals surface area (Å²) in [4.78, 5) is 25.3. The van der Waals surface area contributed by atoms with Crippen molar-refractivity contribution in [3.8, 4) is 22.7 Å². The van der Waals surface area contributed by atoms with E-state index in [1.165, 1.54) is 18.9 Å².